The molecule has 0 saturated heterocycles. The normalized spacial score (nSPS) is 27.0. The van der Waals surface area contributed by atoms with Crippen LogP contribution in [0.5, 0.6) is 0 Å². The van der Waals surface area contributed by atoms with Crippen LogP contribution in [0.4, 0.5) is 4.39 Å². The van der Waals surface area contributed by atoms with Crippen LogP contribution in [0.25, 0.3) is 0 Å². The fraction of sp³-hybridized carbons (Fsp3) is 0.667. The van der Waals surface area contributed by atoms with Gasteiger partial charge in [0.1, 0.15) is 5.82 Å². The molecule has 3 atom stereocenters. The fourth-order valence-electron chi connectivity index (χ4n) is 3.46. The first-order valence-corrected chi connectivity index (χ1v) is 7.96. The predicted octanol–water partition coefficient (Wildman–Crippen LogP) is 4.65. The molecule has 0 aromatic heterocycles. The SMILES string of the molecule is Cc1cc(F)cc(C2CC(C)CCC2CNC(C)C)c1. The Balaban J connectivity index is 2.18. The van der Waals surface area contributed by atoms with Gasteiger partial charge in [-0.3, -0.25) is 0 Å². The van der Waals surface area contributed by atoms with E-state index in [4.69, 9.17) is 0 Å². The maximum absolute atomic E-state index is 13.7. The van der Waals surface area contributed by atoms with Gasteiger partial charge in [-0.15, -0.1) is 0 Å². The monoisotopic (exact) mass is 277 g/mol. The molecule has 1 aliphatic rings. The summed E-state index contributed by atoms with van der Waals surface area (Å²) in [5.41, 5.74) is 2.23. The van der Waals surface area contributed by atoms with Gasteiger partial charge in [-0.1, -0.05) is 33.3 Å². The van der Waals surface area contributed by atoms with Crippen LogP contribution in [0.2, 0.25) is 0 Å². The zero-order chi connectivity index (χ0) is 14.7. The number of hydrogen-bond acceptors (Lipinski definition) is 1. The number of rotatable bonds is 4. The summed E-state index contributed by atoms with van der Waals surface area (Å²) in [4.78, 5) is 0. The molecule has 1 aliphatic carbocycles. The lowest BCUT2D eigenvalue weighted by Crippen LogP contribution is -2.34. The van der Waals surface area contributed by atoms with Crippen molar-refractivity contribution in [2.45, 2.75) is 58.9 Å². The van der Waals surface area contributed by atoms with Crippen LogP contribution in [0.1, 0.15) is 57.1 Å². The molecule has 20 heavy (non-hydrogen) atoms. The van der Waals surface area contributed by atoms with E-state index in [1.165, 1.54) is 24.8 Å². The van der Waals surface area contributed by atoms with Crippen LogP contribution >= 0.6 is 0 Å². The van der Waals surface area contributed by atoms with Crippen molar-refractivity contribution in [3.63, 3.8) is 0 Å². The summed E-state index contributed by atoms with van der Waals surface area (Å²) >= 11 is 0. The largest absolute Gasteiger partial charge is 0.314 e. The molecule has 2 heteroatoms. The smallest absolute Gasteiger partial charge is 0.123 e. The summed E-state index contributed by atoms with van der Waals surface area (Å²) in [6, 6.07) is 6.06. The summed E-state index contributed by atoms with van der Waals surface area (Å²) < 4.78 is 13.7. The Morgan fingerprint density at radius 2 is 2.00 bits per heavy atom. The van der Waals surface area contributed by atoms with E-state index in [0.29, 0.717) is 17.9 Å². The van der Waals surface area contributed by atoms with Gasteiger partial charge in [0.15, 0.2) is 0 Å². The summed E-state index contributed by atoms with van der Waals surface area (Å²) in [6.45, 7) is 9.73. The van der Waals surface area contributed by atoms with E-state index in [0.717, 1.165) is 18.0 Å². The number of hydrogen-bond donors (Lipinski definition) is 1. The van der Waals surface area contributed by atoms with Crippen LogP contribution in [0.15, 0.2) is 18.2 Å². The van der Waals surface area contributed by atoms with Crippen LogP contribution in [-0.4, -0.2) is 12.6 Å². The van der Waals surface area contributed by atoms with Crippen molar-refractivity contribution in [2.75, 3.05) is 6.54 Å². The first-order chi connectivity index (χ1) is 9.45. The van der Waals surface area contributed by atoms with Crippen LogP contribution in [0, 0.1) is 24.6 Å². The van der Waals surface area contributed by atoms with Crippen molar-refractivity contribution >= 4 is 0 Å². The van der Waals surface area contributed by atoms with E-state index in [1.54, 1.807) is 12.1 Å². The molecule has 1 N–H and O–H groups in total. The number of nitrogens with one attached hydrogen (secondary N) is 1. The minimum atomic E-state index is -0.0891. The third kappa shape index (κ3) is 4.05. The maximum Gasteiger partial charge on any atom is 0.123 e. The van der Waals surface area contributed by atoms with Gasteiger partial charge in [0.2, 0.25) is 0 Å². The Morgan fingerprint density at radius 1 is 1.25 bits per heavy atom. The quantitative estimate of drug-likeness (QED) is 0.844. The Morgan fingerprint density at radius 3 is 2.65 bits per heavy atom. The first kappa shape index (κ1) is 15.5. The van der Waals surface area contributed by atoms with E-state index in [1.807, 2.05) is 6.92 Å². The molecule has 1 saturated carbocycles. The topological polar surface area (TPSA) is 12.0 Å². The average molecular weight is 277 g/mol. The van der Waals surface area contributed by atoms with Gasteiger partial charge in [0.25, 0.3) is 0 Å². The highest BCUT2D eigenvalue weighted by atomic mass is 19.1. The van der Waals surface area contributed by atoms with Gasteiger partial charge in [0, 0.05) is 6.04 Å². The second-order valence-electron chi connectivity index (χ2n) is 6.91. The van der Waals surface area contributed by atoms with E-state index >= 15 is 0 Å². The van der Waals surface area contributed by atoms with Crippen molar-refractivity contribution in [3.05, 3.63) is 35.1 Å². The molecule has 0 radical (unpaired) electrons. The second kappa shape index (κ2) is 6.71. The highest BCUT2D eigenvalue weighted by Gasteiger charge is 2.30. The number of halogens is 1. The van der Waals surface area contributed by atoms with Gasteiger partial charge in [-0.25, -0.2) is 4.39 Å². The Hall–Kier alpha value is -0.890. The fourth-order valence-corrected chi connectivity index (χ4v) is 3.46. The molecular weight excluding hydrogens is 249 g/mol. The number of aryl methyl sites for hydroxylation is 1. The van der Waals surface area contributed by atoms with Crippen molar-refractivity contribution in [1.82, 2.24) is 5.32 Å². The van der Waals surface area contributed by atoms with Gasteiger partial charge >= 0.3 is 0 Å². The molecule has 3 unspecified atom stereocenters. The molecule has 0 spiro atoms. The molecule has 1 nitrogen and oxygen atoms in total. The molecule has 1 fully saturated rings. The maximum atomic E-state index is 13.7. The highest BCUT2D eigenvalue weighted by molar-refractivity contribution is 5.27. The van der Waals surface area contributed by atoms with Crippen molar-refractivity contribution in [1.29, 1.82) is 0 Å². The molecule has 1 aromatic carbocycles. The van der Waals surface area contributed by atoms with Gasteiger partial charge < -0.3 is 5.32 Å². The van der Waals surface area contributed by atoms with E-state index in [-0.39, 0.29) is 5.82 Å². The summed E-state index contributed by atoms with van der Waals surface area (Å²) in [7, 11) is 0. The molecule has 2 rings (SSSR count). The van der Waals surface area contributed by atoms with E-state index < -0.39 is 0 Å². The Bertz CT molecular complexity index is 421. The average Bonchev–Trinajstić information content (AvgIpc) is 2.36. The van der Waals surface area contributed by atoms with Gasteiger partial charge in [-0.2, -0.15) is 0 Å². The second-order valence-corrected chi connectivity index (χ2v) is 6.91. The zero-order valence-electron chi connectivity index (χ0n) is 13.2. The van der Waals surface area contributed by atoms with Crippen LogP contribution < -0.4 is 5.32 Å². The third-order valence-electron chi connectivity index (χ3n) is 4.54. The summed E-state index contributed by atoms with van der Waals surface area (Å²) in [5.74, 6) is 1.79. The third-order valence-corrected chi connectivity index (χ3v) is 4.54. The van der Waals surface area contributed by atoms with Crippen molar-refractivity contribution in [2.24, 2.45) is 11.8 Å². The van der Waals surface area contributed by atoms with Gasteiger partial charge in [0.05, 0.1) is 0 Å². The van der Waals surface area contributed by atoms with E-state index in [9.17, 15) is 4.39 Å². The lowest BCUT2D eigenvalue weighted by Gasteiger charge is -2.36. The highest BCUT2D eigenvalue weighted by Crippen LogP contribution is 2.40. The summed E-state index contributed by atoms with van der Waals surface area (Å²) in [6.07, 6.45) is 3.74. The minimum absolute atomic E-state index is 0.0891. The summed E-state index contributed by atoms with van der Waals surface area (Å²) in [5, 5.41) is 3.57. The van der Waals surface area contributed by atoms with Crippen molar-refractivity contribution < 1.29 is 4.39 Å². The molecule has 0 amide bonds. The first-order valence-electron chi connectivity index (χ1n) is 7.96. The molecule has 0 heterocycles. The standard InChI is InChI=1S/C18H28FN/c1-12(2)20-11-15-6-5-13(3)9-18(15)16-7-14(4)8-17(19)10-16/h7-8,10,12-13,15,18,20H,5-6,9,11H2,1-4H3. The molecule has 0 bridgehead atoms. The van der Waals surface area contributed by atoms with Crippen LogP contribution in [0.3, 0.4) is 0 Å². The molecule has 112 valence electrons. The lowest BCUT2D eigenvalue weighted by atomic mass is 9.71. The Labute approximate surface area is 123 Å². The molecule has 0 aliphatic heterocycles. The lowest BCUT2D eigenvalue weighted by molar-refractivity contribution is 0.237. The predicted molar refractivity (Wildman–Crippen MR) is 83.5 cm³/mol. The Kier molecular flexibility index (Phi) is 5.20. The van der Waals surface area contributed by atoms with E-state index in [2.05, 4.69) is 32.2 Å². The molecule has 1 aromatic rings. The minimum Gasteiger partial charge on any atom is -0.314 e. The van der Waals surface area contributed by atoms with Crippen molar-refractivity contribution in [3.8, 4) is 0 Å². The van der Waals surface area contributed by atoms with Crippen LogP contribution in [-0.2, 0) is 0 Å². The molecular formula is C18H28FN. The van der Waals surface area contributed by atoms with Gasteiger partial charge in [-0.05, 0) is 67.3 Å². The number of benzene rings is 1. The zero-order valence-corrected chi connectivity index (χ0v) is 13.2.